The van der Waals surface area contributed by atoms with Crippen molar-refractivity contribution >= 4 is 0 Å². The summed E-state index contributed by atoms with van der Waals surface area (Å²) < 4.78 is 0. The lowest BCUT2D eigenvalue weighted by Gasteiger charge is -2.22. The van der Waals surface area contributed by atoms with Crippen molar-refractivity contribution in [2.75, 3.05) is 0 Å². The Morgan fingerprint density at radius 2 is 2.20 bits per heavy atom. The van der Waals surface area contributed by atoms with Crippen LogP contribution in [0.5, 0.6) is 0 Å². The molecule has 1 nitrogen and oxygen atoms in total. The Bertz CT molecular complexity index is 411. The van der Waals surface area contributed by atoms with E-state index in [-0.39, 0.29) is 0 Å². The minimum absolute atomic E-state index is 0.625. The molecule has 0 bridgehead atoms. The van der Waals surface area contributed by atoms with Crippen LogP contribution >= 0.6 is 0 Å². The molecule has 2 rings (SSSR count). The summed E-state index contributed by atoms with van der Waals surface area (Å²) in [6, 6.07) is 8.19. The molecule has 0 aliphatic heterocycles. The van der Waals surface area contributed by atoms with Gasteiger partial charge in [0.05, 0.1) is 5.60 Å². The first-order valence-corrected chi connectivity index (χ1v) is 5.47. The van der Waals surface area contributed by atoms with Gasteiger partial charge in [0.25, 0.3) is 0 Å². The quantitative estimate of drug-likeness (QED) is 0.728. The van der Waals surface area contributed by atoms with Gasteiger partial charge in [-0.1, -0.05) is 24.3 Å². The van der Waals surface area contributed by atoms with Gasteiger partial charge in [-0.25, -0.2) is 0 Å². The fourth-order valence-electron chi connectivity index (χ4n) is 2.32. The van der Waals surface area contributed by atoms with Crippen LogP contribution in [0, 0.1) is 11.8 Å². The van der Waals surface area contributed by atoms with Gasteiger partial charge in [0.1, 0.15) is 0 Å². The number of fused-ring (bicyclic) bond motifs is 1. The van der Waals surface area contributed by atoms with Gasteiger partial charge in [0, 0.05) is 6.42 Å². The van der Waals surface area contributed by atoms with Crippen LogP contribution in [0.3, 0.4) is 0 Å². The normalized spacial score (nSPS) is 23.1. The highest BCUT2D eigenvalue weighted by Crippen LogP contribution is 2.39. The molecule has 0 aromatic heterocycles. The Labute approximate surface area is 91.1 Å². The van der Waals surface area contributed by atoms with Gasteiger partial charge < -0.3 is 5.11 Å². The summed E-state index contributed by atoms with van der Waals surface area (Å²) >= 11 is 0. The highest BCUT2D eigenvalue weighted by Gasteiger charge is 2.35. The van der Waals surface area contributed by atoms with Crippen LogP contribution in [0.1, 0.15) is 37.3 Å². The first-order valence-electron chi connectivity index (χ1n) is 5.47. The van der Waals surface area contributed by atoms with Gasteiger partial charge in [0.2, 0.25) is 0 Å². The van der Waals surface area contributed by atoms with Crippen LogP contribution in [0.15, 0.2) is 24.3 Å². The zero-order chi connectivity index (χ0) is 10.7. The first kappa shape index (κ1) is 10.3. The molecule has 1 aromatic rings. The molecule has 0 saturated carbocycles. The van der Waals surface area contributed by atoms with E-state index in [0.29, 0.717) is 0 Å². The maximum atomic E-state index is 10.5. The molecule has 0 fully saturated rings. The number of rotatable bonds is 2. The zero-order valence-electron chi connectivity index (χ0n) is 9.09. The van der Waals surface area contributed by atoms with Gasteiger partial charge in [-0.2, -0.15) is 0 Å². The average molecular weight is 200 g/mol. The summed E-state index contributed by atoms with van der Waals surface area (Å²) in [5.41, 5.74) is 1.79. The Morgan fingerprint density at radius 3 is 3.00 bits per heavy atom. The Morgan fingerprint density at radius 1 is 1.40 bits per heavy atom. The predicted molar refractivity (Wildman–Crippen MR) is 61.3 cm³/mol. The first-order chi connectivity index (χ1) is 7.26. The molecule has 1 aromatic carbocycles. The minimum Gasteiger partial charge on any atom is -0.385 e. The second-order valence-electron chi connectivity index (χ2n) is 4.12. The minimum atomic E-state index is -0.625. The molecular formula is C14H16O. The Kier molecular flexibility index (Phi) is 2.79. The van der Waals surface area contributed by atoms with Gasteiger partial charge >= 0.3 is 0 Å². The fraction of sp³-hybridized carbons (Fsp3) is 0.429. The highest BCUT2D eigenvalue weighted by molar-refractivity contribution is 5.37. The fourth-order valence-corrected chi connectivity index (χ4v) is 2.32. The van der Waals surface area contributed by atoms with E-state index < -0.39 is 5.60 Å². The van der Waals surface area contributed by atoms with Gasteiger partial charge in [-0.05, 0) is 37.3 Å². The van der Waals surface area contributed by atoms with Crippen LogP contribution in [-0.2, 0) is 12.0 Å². The number of aliphatic hydroxyl groups is 1. The lowest BCUT2D eigenvalue weighted by Crippen LogP contribution is -2.21. The van der Waals surface area contributed by atoms with E-state index in [0.717, 1.165) is 31.2 Å². The van der Waals surface area contributed by atoms with Gasteiger partial charge in [-0.3, -0.25) is 0 Å². The SMILES string of the molecule is CC#CCCC1(O)CCc2ccccc21. The molecule has 1 atom stereocenters. The van der Waals surface area contributed by atoms with Crippen LogP contribution in [0.2, 0.25) is 0 Å². The van der Waals surface area contributed by atoms with E-state index in [1.54, 1.807) is 0 Å². The summed E-state index contributed by atoms with van der Waals surface area (Å²) in [5.74, 6) is 5.89. The van der Waals surface area contributed by atoms with Crippen molar-refractivity contribution in [1.82, 2.24) is 0 Å². The largest absolute Gasteiger partial charge is 0.385 e. The third-order valence-corrected chi connectivity index (χ3v) is 3.17. The molecule has 0 saturated heterocycles. The van der Waals surface area contributed by atoms with Gasteiger partial charge in [0.15, 0.2) is 0 Å². The predicted octanol–water partition coefficient (Wildman–Crippen LogP) is 2.62. The molecule has 0 spiro atoms. The van der Waals surface area contributed by atoms with Crippen molar-refractivity contribution in [2.45, 2.75) is 38.2 Å². The monoisotopic (exact) mass is 200 g/mol. The van der Waals surface area contributed by atoms with Crippen molar-refractivity contribution in [3.05, 3.63) is 35.4 Å². The number of benzene rings is 1. The van der Waals surface area contributed by atoms with E-state index in [9.17, 15) is 5.11 Å². The summed E-state index contributed by atoms with van der Waals surface area (Å²) in [7, 11) is 0. The smallest absolute Gasteiger partial charge is 0.0911 e. The molecule has 1 N–H and O–H groups in total. The molecule has 1 aliphatic carbocycles. The van der Waals surface area contributed by atoms with E-state index in [1.807, 2.05) is 25.1 Å². The average Bonchev–Trinajstić information content (AvgIpc) is 2.59. The van der Waals surface area contributed by atoms with Crippen molar-refractivity contribution in [1.29, 1.82) is 0 Å². The second kappa shape index (κ2) is 4.08. The Hall–Kier alpha value is -1.26. The lowest BCUT2D eigenvalue weighted by atomic mass is 9.91. The van der Waals surface area contributed by atoms with E-state index in [4.69, 9.17) is 0 Å². The number of hydrogen-bond donors (Lipinski definition) is 1. The number of hydrogen-bond acceptors (Lipinski definition) is 1. The zero-order valence-corrected chi connectivity index (χ0v) is 9.09. The van der Waals surface area contributed by atoms with Crippen molar-refractivity contribution < 1.29 is 5.11 Å². The maximum Gasteiger partial charge on any atom is 0.0911 e. The molecule has 15 heavy (non-hydrogen) atoms. The van der Waals surface area contributed by atoms with E-state index in [1.165, 1.54) is 5.56 Å². The topological polar surface area (TPSA) is 20.2 Å². The molecule has 1 unspecified atom stereocenters. The maximum absolute atomic E-state index is 10.5. The van der Waals surface area contributed by atoms with Crippen LogP contribution in [0.4, 0.5) is 0 Å². The third-order valence-electron chi connectivity index (χ3n) is 3.17. The third kappa shape index (κ3) is 1.91. The summed E-state index contributed by atoms with van der Waals surface area (Å²) in [6.07, 6.45) is 3.37. The molecule has 0 radical (unpaired) electrons. The molecule has 1 aliphatic rings. The molecule has 78 valence electrons. The van der Waals surface area contributed by atoms with E-state index in [2.05, 4.69) is 17.9 Å². The molecule has 0 amide bonds. The summed E-state index contributed by atoms with van der Waals surface area (Å²) in [5, 5.41) is 10.5. The van der Waals surface area contributed by atoms with E-state index >= 15 is 0 Å². The van der Waals surface area contributed by atoms with Crippen molar-refractivity contribution in [3.8, 4) is 11.8 Å². The lowest BCUT2D eigenvalue weighted by molar-refractivity contribution is 0.0310. The molecule has 0 heterocycles. The standard InChI is InChI=1S/C14H16O/c1-2-3-6-10-14(15)11-9-12-7-4-5-8-13(12)14/h4-5,7-8,15H,6,9-11H2,1H3. The summed E-state index contributed by atoms with van der Waals surface area (Å²) in [6.45, 7) is 1.84. The van der Waals surface area contributed by atoms with Gasteiger partial charge in [-0.15, -0.1) is 11.8 Å². The Balaban J connectivity index is 2.19. The second-order valence-corrected chi connectivity index (χ2v) is 4.12. The van der Waals surface area contributed by atoms with Crippen LogP contribution in [0.25, 0.3) is 0 Å². The number of aryl methyl sites for hydroxylation is 1. The summed E-state index contributed by atoms with van der Waals surface area (Å²) in [4.78, 5) is 0. The molecule has 1 heteroatoms. The van der Waals surface area contributed by atoms with Crippen LogP contribution in [-0.4, -0.2) is 5.11 Å². The van der Waals surface area contributed by atoms with Crippen molar-refractivity contribution in [2.24, 2.45) is 0 Å². The highest BCUT2D eigenvalue weighted by atomic mass is 16.3. The van der Waals surface area contributed by atoms with Crippen molar-refractivity contribution in [3.63, 3.8) is 0 Å². The van der Waals surface area contributed by atoms with Crippen LogP contribution < -0.4 is 0 Å². The molecular weight excluding hydrogens is 184 g/mol.